The van der Waals surface area contributed by atoms with E-state index in [2.05, 4.69) is 17.3 Å². The quantitative estimate of drug-likeness (QED) is 0.582. The minimum atomic E-state index is -3.44. The van der Waals surface area contributed by atoms with Crippen LogP contribution in [0.1, 0.15) is 32.6 Å². The Morgan fingerprint density at radius 3 is 2.84 bits per heavy atom. The number of pyridine rings is 1. The van der Waals surface area contributed by atoms with Gasteiger partial charge in [0, 0.05) is 24.8 Å². The fraction of sp³-hybridized carbons (Fsp3) is 0.583. The Balaban J connectivity index is 2.27. The molecule has 7 heteroatoms. The van der Waals surface area contributed by atoms with Gasteiger partial charge in [-0.25, -0.2) is 19.2 Å². The van der Waals surface area contributed by atoms with Crippen LogP contribution >= 0.6 is 0 Å². The first kappa shape index (κ1) is 14.2. The Labute approximate surface area is 114 Å². The third kappa shape index (κ3) is 3.23. The zero-order chi connectivity index (χ0) is 13.9. The van der Waals surface area contributed by atoms with Gasteiger partial charge in [0.15, 0.2) is 0 Å². The SMILES string of the molecule is CCCCN(C1CC1)S(=O)(=O)c1ccnc(NN)c1. The lowest BCUT2D eigenvalue weighted by atomic mass is 10.3. The molecule has 0 aromatic carbocycles. The van der Waals surface area contributed by atoms with Gasteiger partial charge in [-0.2, -0.15) is 4.31 Å². The Bertz CT molecular complexity index is 528. The van der Waals surface area contributed by atoms with Crippen molar-refractivity contribution in [3.8, 4) is 0 Å². The number of nitrogens with zero attached hydrogens (tertiary/aromatic N) is 2. The lowest BCUT2D eigenvalue weighted by Crippen LogP contribution is -2.34. The molecule has 0 saturated heterocycles. The molecule has 0 unspecified atom stereocenters. The van der Waals surface area contributed by atoms with E-state index in [1.54, 1.807) is 4.31 Å². The minimum Gasteiger partial charge on any atom is -0.308 e. The molecule has 1 heterocycles. The number of aromatic nitrogens is 1. The zero-order valence-corrected chi connectivity index (χ0v) is 11.9. The van der Waals surface area contributed by atoms with E-state index >= 15 is 0 Å². The van der Waals surface area contributed by atoms with Crippen molar-refractivity contribution in [3.63, 3.8) is 0 Å². The van der Waals surface area contributed by atoms with Gasteiger partial charge in [-0.3, -0.25) is 0 Å². The van der Waals surface area contributed by atoms with Crippen molar-refractivity contribution >= 4 is 15.8 Å². The summed E-state index contributed by atoms with van der Waals surface area (Å²) in [6, 6.07) is 3.15. The molecule has 0 bridgehead atoms. The topological polar surface area (TPSA) is 88.3 Å². The van der Waals surface area contributed by atoms with Crippen molar-refractivity contribution in [2.24, 2.45) is 5.84 Å². The summed E-state index contributed by atoms with van der Waals surface area (Å²) in [6.45, 7) is 2.64. The van der Waals surface area contributed by atoms with Crippen molar-refractivity contribution in [2.45, 2.75) is 43.5 Å². The first-order valence-corrected chi connectivity index (χ1v) is 7.98. The maximum atomic E-state index is 12.6. The number of anilines is 1. The molecule has 1 aliphatic carbocycles. The predicted molar refractivity (Wildman–Crippen MR) is 73.9 cm³/mol. The largest absolute Gasteiger partial charge is 0.308 e. The van der Waals surface area contributed by atoms with Gasteiger partial charge in [0.2, 0.25) is 10.0 Å². The standard InChI is InChI=1S/C12H20N4O2S/c1-2-3-8-16(10-4-5-10)19(17,18)11-6-7-14-12(9-11)15-13/h6-7,9-10H,2-5,8,13H2,1H3,(H,14,15). The van der Waals surface area contributed by atoms with E-state index in [4.69, 9.17) is 5.84 Å². The van der Waals surface area contributed by atoms with Gasteiger partial charge in [0.05, 0.1) is 4.90 Å². The predicted octanol–water partition coefficient (Wildman–Crippen LogP) is 1.32. The number of nitrogen functional groups attached to an aromatic ring is 1. The number of rotatable bonds is 7. The van der Waals surface area contributed by atoms with Crippen LogP contribution in [-0.4, -0.2) is 30.3 Å². The summed E-state index contributed by atoms with van der Waals surface area (Å²) in [5.74, 6) is 5.62. The van der Waals surface area contributed by atoms with Crippen molar-refractivity contribution in [3.05, 3.63) is 18.3 Å². The van der Waals surface area contributed by atoms with E-state index in [0.717, 1.165) is 25.7 Å². The van der Waals surface area contributed by atoms with Crippen molar-refractivity contribution in [1.29, 1.82) is 0 Å². The van der Waals surface area contributed by atoms with Gasteiger partial charge >= 0.3 is 0 Å². The van der Waals surface area contributed by atoms with E-state index < -0.39 is 10.0 Å². The smallest absolute Gasteiger partial charge is 0.243 e. The Morgan fingerprint density at radius 1 is 1.53 bits per heavy atom. The fourth-order valence-electron chi connectivity index (χ4n) is 1.96. The van der Waals surface area contributed by atoms with Crippen molar-refractivity contribution < 1.29 is 8.42 Å². The molecule has 1 aromatic rings. The van der Waals surface area contributed by atoms with Gasteiger partial charge in [-0.15, -0.1) is 0 Å². The molecule has 0 amide bonds. The number of hydrazine groups is 1. The highest BCUT2D eigenvalue weighted by atomic mass is 32.2. The molecular formula is C12H20N4O2S. The average molecular weight is 284 g/mol. The van der Waals surface area contributed by atoms with Crippen LogP contribution in [0.25, 0.3) is 0 Å². The number of sulfonamides is 1. The molecule has 1 aliphatic rings. The number of hydrogen-bond acceptors (Lipinski definition) is 5. The molecule has 1 saturated carbocycles. The summed E-state index contributed by atoms with van der Waals surface area (Å²) in [5, 5.41) is 0. The summed E-state index contributed by atoms with van der Waals surface area (Å²) in [5.41, 5.74) is 2.37. The Kier molecular flexibility index (Phi) is 4.38. The minimum absolute atomic E-state index is 0.166. The molecule has 0 atom stereocenters. The molecule has 1 fully saturated rings. The van der Waals surface area contributed by atoms with Crippen LogP contribution in [0.3, 0.4) is 0 Å². The summed E-state index contributed by atoms with van der Waals surface area (Å²) in [7, 11) is -3.44. The summed E-state index contributed by atoms with van der Waals surface area (Å²) < 4.78 is 26.9. The highest BCUT2D eigenvalue weighted by Gasteiger charge is 2.37. The van der Waals surface area contributed by atoms with Gasteiger partial charge in [-0.05, 0) is 25.3 Å². The molecule has 1 aromatic heterocycles. The van der Waals surface area contributed by atoms with Gasteiger partial charge in [-0.1, -0.05) is 13.3 Å². The van der Waals surface area contributed by atoms with E-state index in [-0.39, 0.29) is 10.9 Å². The third-order valence-electron chi connectivity index (χ3n) is 3.17. The first-order valence-electron chi connectivity index (χ1n) is 6.54. The number of nitrogens with one attached hydrogen (secondary N) is 1. The fourth-order valence-corrected chi connectivity index (χ4v) is 3.70. The molecule has 106 valence electrons. The molecule has 6 nitrogen and oxygen atoms in total. The van der Waals surface area contributed by atoms with Crippen molar-refractivity contribution in [1.82, 2.24) is 9.29 Å². The summed E-state index contributed by atoms with van der Waals surface area (Å²) in [6.07, 6.45) is 5.21. The normalized spacial score (nSPS) is 15.7. The lowest BCUT2D eigenvalue weighted by Gasteiger charge is -2.21. The van der Waals surface area contributed by atoms with Gasteiger partial charge < -0.3 is 5.43 Å². The van der Waals surface area contributed by atoms with Crippen molar-refractivity contribution in [2.75, 3.05) is 12.0 Å². The number of unbranched alkanes of at least 4 members (excludes halogenated alkanes) is 1. The lowest BCUT2D eigenvalue weighted by molar-refractivity contribution is 0.395. The van der Waals surface area contributed by atoms with Crippen LogP contribution < -0.4 is 11.3 Å². The molecule has 0 radical (unpaired) electrons. The second-order valence-corrected chi connectivity index (χ2v) is 6.61. The van der Waals surface area contributed by atoms with Crippen LogP contribution in [0.5, 0.6) is 0 Å². The van der Waals surface area contributed by atoms with Crippen LogP contribution in [0.4, 0.5) is 5.82 Å². The number of hydrogen-bond donors (Lipinski definition) is 2. The maximum absolute atomic E-state index is 12.6. The maximum Gasteiger partial charge on any atom is 0.243 e. The highest BCUT2D eigenvalue weighted by Crippen LogP contribution is 2.32. The van der Waals surface area contributed by atoms with Crippen LogP contribution in [-0.2, 0) is 10.0 Å². The second-order valence-electron chi connectivity index (χ2n) is 4.72. The summed E-state index contributed by atoms with van der Waals surface area (Å²) >= 11 is 0. The van der Waals surface area contributed by atoms with Gasteiger partial charge in [0.1, 0.15) is 5.82 Å². The molecule has 0 aliphatic heterocycles. The molecular weight excluding hydrogens is 264 g/mol. The Hall–Kier alpha value is -1.18. The second kappa shape index (κ2) is 5.85. The average Bonchev–Trinajstić information content (AvgIpc) is 3.23. The number of nitrogens with two attached hydrogens (primary N) is 1. The highest BCUT2D eigenvalue weighted by molar-refractivity contribution is 7.89. The molecule has 0 spiro atoms. The first-order chi connectivity index (χ1) is 9.09. The third-order valence-corrected chi connectivity index (χ3v) is 5.12. The van der Waals surface area contributed by atoms with Gasteiger partial charge in [0.25, 0.3) is 0 Å². The Morgan fingerprint density at radius 2 is 2.26 bits per heavy atom. The van der Waals surface area contributed by atoms with E-state index in [9.17, 15) is 8.42 Å². The molecule has 3 N–H and O–H groups in total. The molecule has 19 heavy (non-hydrogen) atoms. The zero-order valence-electron chi connectivity index (χ0n) is 11.0. The van der Waals surface area contributed by atoms with E-state index in [1.165, 1.54) is 18.3 Å². The molecule has 2 rings (SSSR count). The monoisotopic (exact) mass is 284 g/mol. The summed E-state index contributed by atoms with van der Waals surface area (Å²) in [4.78, 5) is 4.18. The van der Waals surface area contributed by atoms with Crippen LogP contribution in [0.15, 0.2) is 23.2 Å². The van der Waals surface area contributed by atoms with Crippen LogP contribution in [0, 0.1) is 0 Å². The van der Waals surface area contributed by atoms with E-state index in [0.29, 0.717) is 12.4 Å². The van der Waals surface area contributed by atoms with Crippen LogP contribution in [0.2, 0.25) is 0 Å². The van der Waals surface area contributed by atoms with E-state index in [1.807, 2.05) is 0 Å².